The molecule has 0 unspecified atom stereocenters. The Bertz CT molecular complexity index is 229. The highest BCUT2D eigenvalue weighted by Gasteiger charge is 2.10. The fourth-order valence-corrected chi connectivity index (χ4v) is 2.44. The first-order valence-corrected chi connectivity index (χ1v) is 5.78. The standard InChI is InChI=1S/C9H15N3S/c1-2-6-12(5-1)7-8-13-9-10-3-4-11-9/h3-4H,1-2,5-8H2,(H,10,11). The lowest BCUT2D eigenvalue weighted by atomic mass is 10.4. The molecule has 0 amide bonds. The minimum Gasteiger partial charge on any atom is -0.340 e. The van der Waals surface area contributed by atoms with Crippen molar-refractivity contribution in [3.63, 3.8) is 0 Å². The third-order valence-corrected chi connectivity index (χ3v) is 3.20. The predicted octanol–water partition coefficient (Wildman–Crippen LogP) is 1.60. The number of nitrogens with zero attached hydrogens (tertiary/aromatic N) is 2. The van der Waals surface area contributed by atoms with E-state index in [-0.39, 0.29) is 0 Å². The number of rotatable bonds is 4. The molecule has 3 nitrogen and oxygen atoms in total. The normalized spacial score (nSPS) is 18.2. The monoisotopic (exact) mass is 197 g/mol. The van der Waals surface area contributed by atoms with Crippen molar-refractivity contribution in [2.24, 2.45) is 0 Å². The van der Waals surface area contributed by atoms with Crippen LogP contribution in [-0.2, 0) is 0 Å². The Labute approximate surface area is 82.9 Å². The van der Waals surface area contributed by atoms with Crippen molar-refractivity contribution in [3.8, 4) is 0 Å². The SMILES string of the molecule is c1c[nH]c(SCCN2CCCC2)n1. The molecular weight excluding hydrogens is 182 g/mol. The quantitative estimate of drug-likeness (QED) is 0.744. The van der Waals surface area contributed by atoms with Gasteiger partial charge in [0.15, 0.2) is 5.16 Å². The van der Waals surface area contributed by atoms with Crippen LogP contribution in [0.3, 0.4) is 0 Å². The number of hydrogen-bond acceptors (Lipinski definition) is 3. The molecule has 0 bridgehead atoms. The highest BCUT2D eigenvalue weighted by Crippen LogP contribution is 2.13. The van der Waals surface area contributed by atoms with Crippen molar-refractivity contribution in [1.82, 2.24) is 14.9 Å². The largest absolute Gasteiger partial charge is 0.340 e. The van der Waals surface area contributed by atoms with Crippen LogP contribution in [-0.4, -0.2) is 40.3 Å². The molecule has 0 spiro atoms. The highest BCUT2D eigenvalue weighted by molar-refractivity contribution is 7.99. The summed E-state index contributed by atoms with van der Waals surface area (Å²) in [7, 11) is 0. The molecule has 2 heterocycles. The molecule has 4 heteroatoms. The maximum atomic E-state index is 4.17. The first kappa shape index (κ1) is 9.09. The minimum absolute atomic E-state index is 1.04. The molecule has 1 aromatic rings. The maximum Gasteiger partial charge on any atom is 0.165 e. The van der Waals surface area contributed by atoms with E-state index in [1.807, 2.05) is 6.20 Å². The first-order valence-electron chi connectivity index (χ1n) is 4.80. The summed E-state index contributed by atoms with van der Waals surface area (Å²) in [5, 5.41) is 1.04. The van der Waals surface area contributed by atoms with E-state index in [0.717, 1.165) is 10.9 Å². The van der Waals surface area contributed by atoms with Crippen LogP contribution in [0.2, 0.25) is 0 Å². The molecule has 1 N–H and O–H groups in total. The van der Waals surface area contributed by atoms with Gasteiger partial charge in [-0.05, 0) is 25.9 Å². The van der Waals surface area contributed by atoms with Gasteiger partial charge in [0.1, 0.15) is 0 Å². The molecule has 0 aliphatic carbocycles. The minimum atomic E-state index is 1.04. The van der Waals surface area contributed by atoms with E-state index < -0.39 is 0 Å². The molecule has 13 heavy (non-hydrogen) atoms. The van der Waals surface area contributed by atoms with Gasteiger partial charge in [-0.25, -0.2) is 4.98 Å². The van der Waals surface area contributed by atoms with Crippen LogP contribution >= 0.6 is 11.8 Å². The van der Waals surface area contributed by atoms with Crippen molar-refractivity contribution >= 4 is 11.8 Å². The van der Waals surface area contributed by atoms with Crippen LogP contribution in [0, 0.1) is 0 Å². The smallest absolute Gasteiger partial charge is 0.165 e. The Morgan fingerprint density at radius 1 is 1.46 bits per heavy atom. The van der Waals surface area contributed by atoms with E-state index in [2.05, 4.69) is 14.9 Å². The van der Waals surface area contributed by atoms with Crippen molar-refractivity contribution in [1.29, 1.82) is 0 Å². The molecule has 0 saturated carbocycles. The van der Waals surface area contributed by atoms with Crippen LogP contribution < -0.4 is 0 Å². The van der Waals surface area contributed by atoms with Crippen LogP contribution in [0.1, 0.15) is 12.8 Å². The molecule has 1 saturated heterocycles. The first-order chi connectivity index (χ1) is 6.45. The molecule has 0 radical (unpaired) electrons. The van der Waals surface area contributed by atoms with Gasteiger partial charge in [-0.1, -0.05) is 11.8 Å². The molecule has 2 rings (SSSR count). The molecule has 1 aromatic heterocycles. The molecule has 1 aliphatic heterocycles. The Kier molecular flexibility index (Phi) is 3.27. The molecule has 72 valence electrons. The lowest BCUT2D eigenvalue weighted by Gasteiger charge is -2.12. The van der Waals surface area contributed by atoms with Crippen LogP contribution in [0.4, 0.5) is 0 Å². The lowest BCUT2D eigenvalue weighted by molar-refractivity contribution is 0.362. The zero-order valence-corrected chi connectivity index (χ0v) is 8.52. The van der Waals surface area contributed by atoms with Crippen LogP contribution in [0.15, 0.2) is 17.6 Å². The summed E-state index contributed by atoms with van der Waals surface area (Å²) >= 11 is 1.81. The summed E-state index contributed by atoms with van der Waals surface area (Å²) < 4.78 is 0. The van der Waals surface area contributed by atoms with Gasteiger partial charge in [0.25, 0.3) is 0 Å². The highest BCUT2D eigenvalue weighted by atomic mass is 32.2. The van der Waals surface area contributed by atoms with Crippen LogP contribution in [0.25, 0.3) is 0 Å². The van der Waals surface area contributed by atoms with Gasteiger partial charge < -0.3 is 9.88 Å². The summed E-state index contributed by atoms with van der Waals surface area (Å²) in [6.07, 6.45) is 6.44. The third-order valence-electron chi connectivity index (χ3n) is 2.32. The van der Waals surface area contributed by atoms with E-state index >= 15 is 0 Å². The summed E-state index contributed by atoms with van der Waals surface area (Å²) in [5.74, 6) is 1.15. The van der Waals surface area contributed by atoms with Gasteiger partial charge in [-0.2, -0.15) is 0 Å². The Hall–Kier alpha value is -0.480. The second-order valence-corrected chi connectivity index (χ2v) is 4.38. The number of thioether (sulfide) groups is 1. The lowest BCUT2D eigenvalue weighted by Crippen LogP contribution is -2.21. The molecule has 1 fully saturated rings. The van der Waals surface area contributed by atoms with E-state index in [1.54, 1.807) is 18.0 Å². The summed E-state index contributed by atoms with van der Waals surface area (Å²) in [4.78, 5) is 9.79. The average molecular weight is 197 g/mol. The Balaban J connectivity index is 1.63. The number of hydrogen-bond donors (Lipinski definition) is 1. The summed E-state index contributed by atoms with van der Waals surface area (Å²) in [5.41, 5.74) is 0. The molecule has 0 atom stereocenters. The second-order valence-electron chi connectivity index (χ2n) is 3.29. The molecule has 1 aliphatic rings. The van der Waals surface area contributed by atoms with Crippen molar-refractivity contribution < 1.29 is 0 Å². The fraction of sp³-hybridized carbons (Fsp3) is 0.667. The van der Waals surface area contributed by atoms with Gasteiger partial charge >= 0.3 is 0 Å². The number of H-pyrrole nitrogens is 1. The van der Waals surface area contributed by atoms with E-state index in [4.69, 9.17) is 0 Å². The van der Waals surface area contributed by atoms with Gasteiger partial charge in [0.2, 0.25) is 0 Å². The van der Waals surface area contributed by atoms with Gasteiger partial charge in [0, 0.05) is 24.7 Å². The van der Waals surface area contributed by atoms with Gasteiger partial charge in [-0.15, -0.1) is 0 Å². The van der Waals surface area contributed by atoms with Crippen molar-refractivity contribution in [2.45, 2.75) is 18.0 Å². The van der Waals surface area contributed by atoms with Gasteiger partial charge in [-0.3, -0.25) is 0 Å². The molecule has 0 aromatic carbocycles. The second kappa shape index (κ2) is 4.67. The zero-order valence-electron chi connectivity index (χ0n) is 7.70. The fourth-order valence-electron chi connectivity index (χ4n) is 1.61. The number of aromatic amines is 1. The van der Waals surface area contributed by atoms with E-state index in [1.165, 1.54) is 32.5 Å². The molecular formula is C9H15N3S. The van der Waals surface area contributed by atoms with Gasteiger partial charge in [0.05, 0.1) is 0 Å². The number of nitrogens with one attached hydrogen (secondary N) is 1. The zero-order chi connectivity index (χ0) is 8.93. The van der Waals surface area contributed by atoms with Crippen molar-refractivity contribution in [3.05, 3.63) is 12.4 Å². The predicted molar refractivity (Wildman–Crippen MR) is 55.0 cm³/mol. The summed E-state index contributed by atoms with van der Waals surface area (Å²) in [6.45, 7) is 3.78. The van der Waals surface area contributed by atoms with E-state index in [9.17, 15) is 0 Å². The Morgan fingerprint density at radius 3 is 3.00 bits per heavy atom. The van der Waals surface area contributed by atoms with Crippen LogP contribution in [0.5, 0.6) is 0 Å². The average Bonchev–Trinajstić information content (AvgIpc) is 2.75. The Morgan fingerprint density at radius 2 is 2.31 bits per heavy atom. The maximum absolute atomic E-state index is 4.17. The topological polar surface area (TPSA) is 31.9 Å². The summed E-state index contributed by atoms with van der Waals surface area (Å²) in [6, 6.07) is 0. The number of likely N-dealkylation sites (tertiary alicyclic amines) is 1. The number of aromatic nitrogens is 2. The van der Waals surface area contributed by atoms with E-state index in [0.29, 0.717) is 0 Å². The number of imidazole rings is 1. The van der Waals surface area contributed by atoms with Crippen molar-refractivity contribution in [2.75, 3.05) is 25.4 Å². The third kappa shape index (κ3) is 2.74.